The van der Waals surface area contributed by atoms with E-state index in [-0.39, 0.29) is 5.69 Å². The smallest absolute Gasteiger partial charge is 0.263 e. The van der Waals surface area contributed by atoms with Crippen LogP contribution >= 0.6 is 0 Å². The van der Waals surface area contributed by atoms with Crippen molar-refractivity contribution in [1.82, 2.24) is 4.57 Å². The molecule has 2 amide bonds. The van der Waals surface area contributed by atoms with E-state index in [2.05, 4.69) is 10.2 Å². The summed E-state index contributed by atoms with van der Waals surface area (Å²) in [5.41, 5.74) is 0.269. The number of rotatable bonds is 0. The van der Waals surface area contributed by atoms with Gasteiger partial charge in [-0.2, -0.15) is 0 Å². The Hall–Kier alpha value is -1.78. The summed E-state index contributed by atoms with van der Waals surface area (Å²) >= 11 is 0. The van der Waals surface area contributed by atoms with E-state index >= 15 is 0 Å². The topological polar surface area (TPSA) is 63.8 Å². The summed E-state index contributed by atoms with van der Waals surface area (Å²) in [6, 6.07) is 2.60. The molecule has 0 N–H and O–H groups in total. The lowest BCUT2D eigenvalue weighted by atomic mass is 10.4. The minimum Gasteiger partial charge on any atom is -0.263 e. The van der Waals surface area contributed by atoms with Crippen molar-refractivity contribution in [3.05, 3.63) is 24.0 Å². The third-order valence-corrected chi connectivity index (χ3v) is 1.40. The van der Waals surface area contributed by atoms with Gasteiger partial charge in [0.1, 0.15) is 5.69 Å². The number of aromatic nitrogens is 1. The number of amides is 2. The summed E-state index contributed by atoms with van der Waals surface area (Å²) in [5, 5.41) is 6.26. The number of azo groups is 1. The number of nitrogens with zero attached hydrogens (tertiary/aromatic N) is 3. The lowest BCUT2D eigenvalue weighted by Crippen LogP contribution is -2.16. The van der Waals surface area contributed by atoms with E-state index in [4.69, 9.17) is 0 Å². The van der Waals surface area contributed by atoms with Gasteiger partial charge in [-0.15, -0.1) is 0 Å². The summed E-state index contributed by atoms with van der Waals surface area (Å²) in [5.74, 6) is -0.477. The normalized spacial score (nSPS) is 15.3. The molecule has 1 aromatic rings. The van der Waals surface area contributed by atoms with Gasteiger partial charge in [0.05, 0.1) is 0 Å². The van der Waals surface area contributed by atoms with E-state index in [1.54, 1.807) is 6.07 Å². The van der Waals surface area contributed by atoms with Crippen molar-refractivity contribution in [2.45, 2.75) is 0 Å². The van der Waals surface area contributed by atoms with Crippen LogP contribution in [-0.2, 0) is 0 Å². The first-order chi connectivity index (χ1) is 5.29. The predicted octanol–water partition coefficient (Wildman–Crippen LogP) is 1.06. The molecule has 1 aromatic heterocycles. The maximum Gasteiger partial charge on any atom is 0.371 e. The molecule has 2 rings (SSSR count). The fraction of sp³-hybridized carbons (Fsp3) is 0. The van der Waals surface area contributed by atoms with E-state index < -0.39 is 11.9 Å². The maximum absolute atomic E-state index is 10.9. The van der Waals surface area contributed by atoms with E-state index in [1.807, 2.05) is 0 Å². The van der Waals surface area contributed by atoms with Gasteiger partial charge in [-0.25, -0.2) is 4.79 Å². The molecule has 1 aliphatic rings. The zero-order chi connectivity index (χ0) is 7.84. The zero-order valence-corrected chi connectivity index (χ0v) is 5.39. The SMILES string of the molecule is O=C1N=NC(=O)n2cccc21. The van der Waals surface area contributed by atoms with Crippen LogP contribution in [0.3, 0.4) is 0 Å². The van der Waals surface area contributed by atoms with Crippen LogP contribution in [0.25, 0.3) is 0 Å². The molecule has 1 aliphatic heterocycles. The molecule has 0 spiro atoms. The van der Waals surface area contributed by atoms with E-state index in [1.165, 1.54) is 12.3 Å². The molecule has 0 saturated heterocycles. The lowest BCUT2D eigenvalue weighted by molar-refractivity contribution is 0.0980. The molecular weight excluding hydrogens is 146 g/mol. The second-order valence-corrected chi connectivity index (χ2v) is 2.05. The van der Waals surface area contributed by atoms with Crippen LogP contribution in [0.5, 0.6) is 0 Å². The first-order valence-corrected chi connectivity index (χ1v) is 2.97. The summed E-state index contributed by atoms with van der Waals surface area (Å²) in [6.45, 7) is 0. The fourth-order valence-corrected chi connectivity index (χ4v) is 0.910. The molecule has 0 aliphatic carbocycles. The van der Waals surface area contributed by atoms with E-state index in [0.717, 1.165) is 4.57 Å². The summed E-state index contributed by atoms with van der Waals surface area (Å²) < 4.78 is 1.16. The number of carbonyl (C=O) groups excluding carboxylic acids is 2. The minimum absolute atomic E-state index is 0.269. The Labute approximate surface area is 61.3 Å². The largest absolute Gasteiger partial charge is 0.371 e. The Kier molecular flexibility index (Phi) is 1.00. The third-order valence-electron chi connectivity index (χ3n) is 1.40. The van der Waals surface area contributed by atoms with Crippen LogP contribution in [0.4, 0.5) is 4.79 Å². The lowest BCUT2D eigenvalue weighted by Gasteiger charge is -2.02. The number of hydrogen-bond donors (Lipinski definition) is 0. The van der Waals surface area contributed by atoms with Crippen LogP contribution in [0.2, 0.25) is 0 Å². The highest BCUT2D eigenvalue weighted by atomic mass is 16.2. The van der Waals surface area contributed by atoms with Crippen LogP contribution in [0, 0.1) is 0 Å². The average molecular weight is 149 g/mol. The maximum atomic E-state index is 10.9. The minimum atomic E-state index is -0.524. The highest BCUT2D eigenvalue weighted by Gasteiger charge is 2.19. The van der Waals surface area contributed by atoms with Gasteiger partial charge >= 0.3 is 11.9 Å². The van der Waals surface area contributed by atoms with Crippen LogP contribution < -0.4 is 0 Å². The van der Waals surface area contributed by atoms with E-state index in [9.17, 15) is 9.59 Å². The molecule has 2 heterocycles. The Morgan fingerprint density at radius 2 is 2.09 bits per heavy atom. The monoisotopic (exact) mass is 149 g/mol. The molecule has 0 fully saturated rings. The third kappa shape index (κ3) is 0.706. The Morgan fingerprint density at radius 1 is 1.27 bits per heavy atom. The average Bonchev–Trinajstić information content (AvgIpc) is 2.45. The molecule has 0 saturated carbocycles. The number of fused-ring (bicyclic) bond motifs is 1. The summed E-state index contributed by atoms with van der Waals surface area (Å²) in [6.07, 6.45) is 1.48. The van der Waals surface area contributed by atoms with E-state index in [0.29, 0.717) is 0 Å². The Morgan fingerprint density at radius 3 is 2.82 bits per heavy atom. The molecule has 0 unspecified atom stereocenters. The van der Waals surface area contributed by atoms with Crippen molar-refractivity contribution < 1.29 is 9.59 Å². The van der Waals surface area contributed by atoms with Gasteiger partial charge < -0.3 is 0 Å². The van der Waals surface area contributed by atoms with Gasteiger partial charge in [-0.05, 0) is 12.1 Å². The van der Waals surface area contributed by atoms with Crippen LogP contribution in [0.1, 0.15) is 10.5 Å². The molecule has 0 aromatic carbocycles. The Bertz CT molecular complexity index is 331. The first-order valence-electron chi connectivity index (χ1n) is 2.97. The second kappa shape index (κ2) is 1.85. The van der Waals surface area contributed by atoms with Crippen LogP contribution in [-0.4, -0.2) is 16.5 Å². The van der Waals surface area contributed by atoms with Gasteiger partial charge in [0, 0.05) is 6.20 Å². The zero-order valence-electron chi connectivity index (χ0n) is 5.39. The summed E-state index contributed by atoms with van der Waals surface area (Å²) in [4.78, 5) is 21.7. The fourth-order valence-electron chi connectivity index (χ4n) is 0.910. The molecule has 0 bridgehead atoms. The molecular formula is C6H3N3O2. The van der Waals surface area contributed by atoms with Crippen molar-refractivity contribution in [2.24, 2.45) is 10.2 Å². The van der Waals surface area contributed by atoms with Crippen molar-refractivity contribution in [2.75, 3.05) is 0 Å². The molecule has 0 atom stereocenters. The predicted molar refractivity (Wildman–Crippen MR) is 34.4 cm³/mol. The molecule has 11 heavy (non-hydrogen) atoms. The van der Waals surface area contributed by atoms with Crippen LogP contribution in [0.15, 0.2) is 28.6 Å². The summed E-state index contributed by atoms with van der Waals surface area (Å²) in [7, 11) is 0. The Balaban J connectivity index is 2.68. The van der Waals surface area contributed by atoms with Crippen molar-refractivity contribution >= 4 is 11.9 Å². The molecule has 0 radical (unpaired) electrons. The highest BCUT2D eigenvalue weighted by Crippen LogP contribution is 2.09. The molecule has 5 heteroatoms. The van der Waals surface area contributed by atoms with Gasteiger partial charge in [0.2, 0.25) is 0 Å². The first kappa shape index (κ1) is 5.96. The second-order valence-electron chi connectivity index (χ2n) is 2.05. The molecule has 5 nitrogen and oxygen atoms in total. The van der Waals surface area contributed by atoms with Crippen molar-refractivity contribution in [3.63, 3.8) is 0 Å². The van der Waals surface area contributed by atoms with Gasteiger partial charge in [0.25, 0.3) is 0 Å². The van der Waals surface area contributed by atoms with Gasteiger partial charge in [0.15, 0.2) is 0 Å². The standard InChI is InChI=1S/C6H3N3O2/c10-5-4-2-1-3-9(4)6(11)8-7-5/h1-3H. The van der Waals surface area contributed by atoms with Crippen molar-refractivity contribution in [1.29, 1.82) is 0 Å². The number of carbonyl (C=O) groups is 2. The number of hydrogen-bond acceptors (Lipinski definition) is 2. The quantitative estimate of drug-likeness (QED) is 0.553. The van der Waals surface area contributed by atoms with Gasteiger partial charge in [-0.3, -0.25) is 9.36 Å². The van der Waals surface area contributed by atoms with Crippen molar-refractivity contribution in [3.8, 4) is 0 Å². The highest BCUT2D eigenvalue weighted by molar-refractivity contribution is 6.00. The van der Waals surface area contributed by atoms with Gasteiger partial charge in [-0.1, -0.05) is 10.2 Å². The molecule has 54 valence electrons.